The molecule has 1 heterocycles. The largest absolute Gasteiger partial charge is 0.208 e. The standard InChI is InChI=1S/C43H35N3/c1-42(2)36-22-14-13-21-34(36)35-27-31(24-26-37(35)43(42,3)4)33-25-23-28-15-11-12-20-32(28)38(33)41-45-39(29-16-7-5-8-17-29)44-40(46-41)30-18-9-6-10-19-30/h5-27H,1-4H3. The summed E-state index contributed by atoms with van der Waals surface area (Å²) < 4.78 is 0. The highest BCUT2D eigenvalue weighted by Crippen LogP contribution is 2.54. The van der Waals surface area contributed by atoms with Crippen LogP contribution in [0.5, 0.6) is 0 Å². The summed E-state index contributed by atoms with van der Waals surface area (Å²) in [5.41, 5.74) is 10.5. The number of rotatable bonds is 4. The molecule has 3 nitrogen and oxygen atoms in total. The molecule has 1 aliphatic carbocycles. The van der Waals surface area contributed by atoms with E-state index in [0.29, 0.717) is 17.5 Å². The van der Waals surface area contributed by atoms with Gasteiger partial charge in [0, 0.05) is 16.7 Å². The van der Waals surface area contributed by atoms with Crippen molar-refractivity contribution in [1.82, 2.24) is 15.0 Å². The Morgan fingerprint density at radius 2 is 0.935 bits per heavy atom. The van der Waals surface area contributed by atoms with Gasteiger partial charge >= 0.3 is 0 Å². The lowest BCUT2D eigenvalue weighted by Gasteiger charge is -2.48. The quantitative estimate of drug-likeness (QED) is 0.204. The van der Waals surface area contributed by atoms with Gasteiger partial charge in [0.2, 0.25) is 0 Å². The van der Waals surface area contributed by atoms with Crippen molar-refractivity contribution < 1.29 is 0 Å². The molecule has 0 N–H and O–H groups in total. The van der Waals surface area contributed by atoms with Crippen molar-refractivity contribution in [2.75, 3.05) is 0 Å². The Bertz CT molecular complexity index is 2190. The van der Waals surface area contributed by atoms with Crippen molar-refractivity contribution in [2.45, 2.75) is 38.5 Å². The number of benzene rings is 6. The van der Waals surface area contributed by atoms with E-state index in [0.717, 1.165) is 38.6 Å². The average Bonchev–Trinajstić information content (AvgIpc) is 3.11. The topological polar surface area (TPSA) is 38.7 Å². The molecule has 6 aromatic carbocycles. The fraction of sp³-hybridized carbons (Fsp3) is 0.140. The molecule has 0 unspecified atom stereocenters. The molecule has 46 heavy (non-hydrogen) atoms. The molecular formula is C43H35N3. The summed E-state index contributed by atoms with van der Waals surface area (Å²) in [6.07, 6.45) is 0. The Balaban J connectivity index is 1.41. The molecule has 0 atom stereocenters. The molecule has 0 saturated carbocycles. The van der Waals surface area contributed by atoms with E-state index in [9.17, 15) is 0 Å². The normalized spacial score (nSPS) is 14.4. The molecule has 222 valence electrons. The average molecular weight is 594 g/mol. The zero-order chi connectivity index (χ0) is 31.5. The van der Waals surface area contributed by atoms with Gasteiger partial charge in [0.1, 0.15) is 0 Å². The summed E-state index contributed by atoms with van der Waals surface area (Å²) in [6.45, 7) is 9.51. The van der Waals surface area contributed by atoms with Gasteiger partial charge in [-0.3, -0.25) is 0 Å². The molecule has 0 saturated heterocycles. The van der Waals surface area contributed by atoms with Crippen LogP contribution in [-0.2, 0) is 10.8 Å². The SMILES string of the molecule is CC1(C)c2ccccc2-c2cc(-c3ccc4ccccc4c3-c3nc(-c4ccccc4)nc(-c4ccccc4)n3)ccc2C1(C)C. The van der Waals surface area contributed by atoms with Gasteiger partial charge in [-0.05, 0) is 61.0 Å². The van der Waals surface area contributed by atoms with Crippen LogP contribution in [0.25, 0.3) is 67.2 Å². The maximum absolute atomic E-state index is 5.18. The monoisotopic (exact) mass is 593 g/mol. The van der Waals surface area contributed by atoms with E-state index in [1.807, 2.05) is 36.4 Å². The molecule has 0 fully saturated rings. The van der Waals surface area contributed by atoms with E-state index in [1.165, 1.54) is 22.3 Å². The van der Waals surface area contributed by atoms with Gasteiger partial charge in [0.25, 0.3) is 0 Å². The van der Waals surface area contributed by atoms with E-state index in [1.54, 1.807) is 0 Å². The summed E-state index contributed by atoms with van der Waals surface area (Å²) >= 11 is 0. The van der Waals surface area contributed by atoms with Crippen molar-refractivity contribution in [2.24, 2.45) is 0 Å². The minimum Gasteiger partial charge on any atom is -0.208 e. The maximum Gasteiger partial charge on any atom is 0.165 e. The fourth-order valence-corrected chi connectivity index (χ4v) is 7.09. The van der Waals surface area contributed by atoms with Crippen LogP contribution in [0.15, 0.2) is 140 Å². The minimum atomic E-state index is -0.0508. The number of hydrogen-bond acceptors (Lipinski definition) is 3. The van der Waals surface area contributed by atoms with Crippen LogP contribution in [0, 0.1) is 0 Å². The highest BCUT2D eigenvalue weighted by molar-refractivity contribution is 6.03. The first-order chi connectivity index (χ1) is 22.3. The van der Waals surface area contributed by atoms with Crippen LogP contribution in [0.1, 0.15) is 38.8 Å². The van der Waals surface area contributed by atoms with Crippen LogP contribution in [0.3, 0.4) is 0 Å². The van der Waals surface area contributed by atoms with Crippen LogP contribution < -0.4 is 0 Å². The fourth-order valence-electron chi connectivity index (χ4n) is 7.09. The van der Waals surface area contributed by atoms with Gasteiger partial charge in [0.05, 0.1) is 0 Å². The molecule has 1 aliphatic rings. The predicted molar refractivity (Wildman–Crippen MR) is 191 cm³/mol. The first kappa shape index (κ1) is 28.1. The van der Waals surface area contributed by atoms with E-state index in [2.05, 4.69) is 131 Å². The first-order valence-corrected chi connectivity index (χ1v) is 16.0. The molecule has 0 spiro atoms. The van der Waals surface area contributed by atoms with Gasteiger partial charge in [-0.1, -0.05) is 161 Å². The zero-order valence-corrected chi connectivity index (χ0v) is 26.6. The lowest BCUT2D eigenvalue weighted by Crippen LogP contribution is -2.43. The molecule has 0 radical (unpaired) electrons. The third-order valence-corrected chi connectivity index (χ3v) is 10.3. The Labute approximate surface area is 270 Å². The van der Waals surface area contributed by atoms with Crippen molar-refractivity contribution in [3.8, 4) is 56.4 Å². The number of aromatic nitrogens is 3. The Morgan fingerprint density at radius 1 is 0.391 bits per heavy atom. The molecule has 8 rings (SSSR count). The molecule has 7 aromatic rings. The second kappa shape index (κ2) is 10.6. The second-order valence-electron chi connectivity index (χ2n) is 13.3. The van der Waals surface area contributed by atoms with Crippen molar-refractivity contribution in [1.29, 1.82) is 0 Å². The van der Waals surface area contributed by atoms with Crippen molar-refractivity contribution in [3.05, 3.63) is 151 Å². The van der Waals surface area contributed by atoms with E-state index < -0.39 is 0 Å². The van der Waals surface area contributed by atoms with E-state index in [-0.39, 0.29) is 10.8 Å². The first-order valence-electron chi connectivity index (χ1n) is 16.0. The lowest BCUT2D eigenvalue weighted by molar-refractivity contribution is 0.299. The number of fused-ring (bicyclic) bond motifs is 4. The third-order valence-electron chi connectivity index (χ3n) is 10.3. The molecule has 0 bridgehead atoms. The van der Waals surface area contributed by atoms with Crippen LogP contribution >= 0.6 is 0 Å². The Morgan fingerprint density at radius 3 is 1.61 bits per heavy atom. The van der Waals surface area contributed by atoms with Gasteiger partial charge in [-0.15, -0.1) is 0 Å². The van der Waals surface area contributed by atoms with Gasteiger partial charge in [0.15, 0.2) is 17.5 Å². The van der Waals surface area contributed by atoms with E-state index in [4.69, 9.17) is 15.0 Å². The van der Waals surface area contributed by atoms with Crippen molar-refractivity contribution >= 4 is 10.8 Å². The molecular weight excluding hydrogens is 558 g/mol. The van der Waals surface area contributed by atoms with Crippen molar-refractivity contribution in [3.63, 3.8) is 0 Å². The minimum absolute atomic E-state index is 0.0151. The van der Waals surface area contributed by atoms with Gasteiger partial charge < -0.3 is 0 Å². The Hall–Kier alpha value is -5.41. The third kappa shape index (κ3) is 4.38. The summed E-state index contributed by atoms with van der Waals surface area (Å²) in [5, 5.41) is 2.26. The molecule has 1 aromatic heterocycles. The highest BCUT2D eigenvalue weighted by Gasteiger charge is 2.45. The highest BCUT2D eigenvalue weighted by atomic mass is 15.0. The summed E-state index contributed by atoms with van der Waals surface area (Å²) in [7, 11) is 0. The summed E-state index contributed by atoms with van der Waals surface area (Å²) in [4.78, 5) is 15.3. The van der Waals surface area contributed by atoms with Gasteiger partial charge in [-0.2, -0.15) is 0 Å². The number of nitrogens with zero attached hydrogens (tertiary/aromatic N) is 3. The smallest absolute Gasteiger partial charge is 0.165 e. The predicted octanol–water partition coefficient (Wildman–Crippen LogP) is 10.9. The molecule has 0 amide bonds. The maximum atomic E-state index is 5.18. The van der Waals surface area contributed by atoms with Gasteiger partial charge in [-0.25, -0.2) is 15.0 Å². The van der Waals surface area contributed by atoms with Crippen LogP contribution in [-0.4, -0.2) is 15.0 Å². The number of hydrogen-bond donors (Lipinski definition) is 0. The summed E-state index contributed by atoms with van der Waals surface area (Å²) in [5.74, 6) is 1.98. The zero-order valence-electron chi connectivity index (χ0n) is 26.6. The van der Waals surface area contributed by atoms with E-state index >= 15 is 0 Å². The lowest BCUT2D eigenvalue weighted by atomic mass is 9.55. The van der Waals surface area contributed by atoms with Crippen LogP contribution in [0.4, 0.5) is 0 Å². The second-order valence-corrected chi connectivity index (χ2v) is 13.3. The summed E-state index contributed by atoms with van der Waals surface area (Å²) in [6, 6.07) is 49.3. The molecule has 0 aliphatic heterocycles. The molecule has 3 heteroatoms. The Kier molecular flexibility index (Phi) is 6.47. The van der Waals surface area contributed by atoms with Crippen LogP contribution in [0.2, 0.25) is 0 Å².